The first-order valence-corrected chi connectivity index (χ1v) is 8.00. The molecule has 2 aromatic carbocycles. The van der Waals surface area contributed by atoms with Gasteiger partial charge in [-0.15, -0.1) is 0 Å². The van der Waals surface area contributed by atoms with E-state index in [0.717, 1.165) is 0 Å². The first kappa shape index (κ1) is 14.9. The third kappa shape index (κ3) is 1.74. The van der Waals surface area contributed by atoms with Gasteiger partial charge in [0.25, 0.3) is 6.29 Å². The molecule has 0 radical (unpaired) electrons. The Morgan fingerprint density at radius 2 is 1.88 bits per heavy atom. The molecule has 0 unspecified atom stereocenters. The molecule has 0 saturated carbocycles. The topological polar surface area (TPSA) is 87.4 Å². The van der Waals surface area contributed by atoms with Crippen LogP contribution < -0.4 is 19.6 Å². The quantitative estimate of drug-likeness (QED) is 0.708. The second-order valence-electron chi connectivity index (χ2n) is 6.09. The summed E-state index contributed by atoms with van der Waals surface area (Å²) < 4.78 is 28.0. The molecule has 1 aromatic heterocycles. The Labute approximate surface area is 146 Å². The summed E-state index contributed by atoms with van der Waals surface area (Å²) in [5, 5.41) is 10.5. The minimum Gasteiger partial charge on any atom is -0.507 e. The number of aromatic hydroxyl groups is 1. The molecule has 3 aromatic rings. The van der Waals surface area contributed by atoms with Crippen LogP contribution in [0.25, 0.3) is 21.9 Å². The van der Waals surface area contributed by atoms with Gasteiger partial charge in [-0.25, -0.2) is 0 Å². The van der Waals surface area contributed by atoms with Crippen molar-refractivity contribution in [2.75, 3.05) is 14.2 Å². The van der Waals surface area contributed by atoms with Gasteiger partial charge in [0.15, 0.2) is 11.3 Å². The highest BCUT2D eigenvalue weighted by molar-refractivity contribution is 6.00. The van der Waals surface area contributed by atoms with E-state index in [1.165, 1.54) is 20.3 Å². The summed E-state index contributed by atoms with van der Waals surface area (Å²) in [5.74, 6) is 0.817. The fraction of sp³-hybridized carbons (Fsp3) is 0.211. The zero-order valence-corrected chi connectivity index (χ0v) is 13.9. The summed E-state index contributed by atoms with van der Waals surface area (Å²) in [6.45, 7) is 0. The Morgan fingerprint density at radius 3 is 2.65 bits per heavy atom. The largest absolute Gasteiger partial charge is 0.507 e. The Morgan fingerprint density at radius 1 is 1.08 bits per heavy atom. The van der Waals surface area contributed by atoms with Crippen molar-refractivity contribution in [1.82, 2.24) is 0 Å². The van der Waals surface area contributed by atoms with Gasteiger partial charge < -0.3 is 28.5 Å². The lowest BCUT2D eigenvalue weighted by atomic mass is 9.97. The number of hydrogen-bond donors (Lipinski definition) is 1. The van der Waals surface area contributed by atoms with E-state index >= 15 is 0 Å². The summed E-state index contributed by atoms with van der Waals surface area (Å²) in [6.07, 6.45) is 2.93. The summed E-state index contributed by atoms with van der Waals surface area (Å²) in [6, 6.07) is 4.59. The van der Waals surface area contributed by atoms with Crippen molar-refractivity contribution in [1.29, 1.82) is 0 Å². The first-order chi connectivity index (χ1) is 12.6. The van der Waals surface area contributed by atoms with Crippen molar-refractivity contribution >= 4 is 21.9 Å². The van der Waals surface area contributed by atoms with Crippen molar-refractivity contribution in [3.8, 4) is 23.0 Å². The van der Waals surface area contributed by atoms with Gasteiger partial charge >= 0.3 is 0 Å². The molecule has 5 rings (SSSR count). The summed E-state index contributed by atoms with van der Waals surface area (Å²) >= 11 is 0. The van der Waals surface area contributed by atoms with Crippen LogP contribution in [0.5, 0.6) is 23.0 Å². The molecule has 2 atom stereocenters. The smallest absolute Gasteiger partial charge is 0.250 e. The fourth-order valence-electron chi connectivity index (χ4n) is 3.63. The molecule has 0 spiro atoms. The molecule has 0 amide bonds. The fourth-order valence-corrected chi connectivity index (χ4v) is 3.63. The lowest BCUT2D eigenvalue weighted by Gasteiger charge is -2.12. The van der Waals surface area contributed by atoms with Gasteiger partial charge in [-0.2, -0.15) is 0 Å². The van der Waals surface area contributed by atoms with Crippen LogP contribution in [0, 0.1) is 0 Å². The number of benzene rings is 2. The van der Waals surface area contributed by atoms with Crippen molar-refractivity contribution in [3.63, 3.8) is 0 Å². The zero-order valence-electron chi connectivity index (χ0n) is 13.9. The summed E-state index contributed by atoms with van der Waals surface area (Å²) in [7, 11) is 2.93. The molecule has 7 nitrogen and oxygen atoms in total. The summed E-state index contributed by atoms with van der Waals surface area (Å²) in [5.41, 5.74) is 0.822. The van der Waals surface area contributed by atoms with E-state index in [4.69, 9.17) is 23.4 Å². The van der Waals surface area contributed by atoms with Crippen LogP contribution in [0.2, 0.25) is 0 Å². The van der Waals surface area contributed by atoms with Crippen molar-refractivity contribution in [3.05, 3.63) is 46.3 Å². The van der Waals surface area contributed by atoms with Crippen LogP contribution in [-0.4, -0.2) is 25.6 Å². The van der Waals surface area contributed by atoms with Crippen LogP contribution in [0.3, 0.4) is 0 Å². The Balaban J connectivity index is 2.00. The van der Waals surface area contributed by atoms with Gasteiger partial charge in [0.1, 0.15) is 33.6 Å². The first-order valence-electron chi connectivity index (χ1n) is 8.00. The lowest BCUT2D eigenvalue weighted by Crippen LogP contribution is -2.14. The predicted octanol–water partition coefficient (Wildman–Crippen LogP) is 3.02. The highest BCUT2D eigenvalue weighted by Crippen LogP contribution is 2.49. The van der Waals surface area contributed by atoms with Gasteiger partial charge in [0.05, 0.1) is 32.0 Å². The molecular formula is C19H14O7. The number of ether oxygens (including phenoxy) is 4. The average molecular weight is 354 g/mol. The molecule has 0 bridgehead atoms. The number of hydrogen-bond acceptors (Lipinski definition) is 7. The molecule has 2 aliphatic heterocycles. The monoisotopic (exact) mass is 354 g/mol. The van der Waals surface area contributed by atoms with Gasteiger partial charge in [-0.1, -0.05) is 0 Å². The standard InChI is InChI=1S/C19H14O7/c1-22-10-4-3-9(20)14-16(21)15-11(23-2)7-12-13(18(15)26-17(10)14)8-5-6-24-19(8)25-12/h3-8,19-20H,1-2H3/t8-,19-/m1/s1. The summed E-state index contributed by atoms with van der Waals surface area (Å²) in [4.78, 5) is 13.2. The van der Waals surface area contributed by atoms with Crippen LogP contribution >= 0.6 is 0 Å². The van der Waals surface area contributed by atoms with E-state index in [1.807, 2.05) is 6.08 Å². The molecule has 0 fully saturated rings. The third-order valence-electron chi connectivity index (χ3n) is 4.81. The predicted molar refractivity (Wildman–Crippen MR) is 92.1 cm³/mol. The molecule has 3 heterocycles. The van der Waals surface area contributed by atoms with E-state index < -0.39 is 11.7 Å². The number of phenols is 1. The minimum absolute atomic E-state index is 0.0452. The third-order valence-corrected chi connectivity index (χ3v) is 4.81. The average Bonchev–Trinajstić information content (AvgIpc) is 3.21. The maximum atomic E-state index is 13.2. The Bertz CT molecular complexity index is 1160. The van der Waals surface area contributed by atoms with E-state index in [0.29, 0.717) is 28.4 Å². The van der Waals surface area contributed by atoms with Crippen LogP contribution in [0.15, 0.2) is 39.7 Å². The van der Waals surface area contributed by atoms with Crippen LogP contribution in [0.4, 0.5) is 0 Å². The molecular weight excluding hydrogens is 340 g/mol. The lowest BCUT2D eigenvalue weighted by molar-refractivity contribution is -0.00484. The number of phenolic OH excluding ortho intramolecular Hbond substituents is 1. The van der Waals surface area contributed by atoms with Gasteiger partial charge in [0.2, 0.25) is 5.43 Å². The molecule has 2 aliphatic rings. The van der Waals surface area contributed by atoms with Gasteiger partial charge in [0, 0.05) is 6.07 Å². The maximum Gasteiger partial charge on any atom is 0.250 e. The van der Waals surface area contributed by atoms with Crippen molar-refractivity contribution in [2.24, 2.45) is 0 Å². The molecule has 0 aliphatic carbocycles. The molecule has 132 valence electrons. The minimum atomic E-state index is -0.493. The van der Waals surface area contributed by atoms with E-state index in [9.17, 15) is 9.90 Å². The van der Waals surface area contributed by atoms with Gasteiger partial charge in [-0.3, -0.25) is 4.79 Å². The van der Waals surface area contributed by atoms with Crippen molar-refractivity contribution < 1.29 is 28.5 Å². The van der Waals surface area contributed by atoms with Crippen LogP contribution in [-0.2, 0) is 4.74 Å². The molecule has 0 saturated heterocycles. The van der Waals surface area contributed by atoms with E-state index in [1.54, 1.807) is 18.4 Å². The van der Waals surface area contributed by atoms with Gasteiger partial charge in [-0.05, 0) is 18.2 Å². The highest BCUT2D eigenvalue weighted by atomic mass is 16.7. The Kier molecular flexibility index (Phi) is 2.92. The molecule has 1 N–H and O–H groups in total. The SMILES string of the molecule is COc1ccc(O)c2c(=O)c3c(OC)cc4c(c3oc12)[C@H]1C=CO[C@@H]1O4. The maximum absolute atomic E-state index is 13.2. The second kappa shape index (κ2) is 5.08. The number of fused-ring (bicyclic) bond motifs is 6. The number of rotatable bonds is 2. The molecule has 7 heteroatoms. The van der Waals surface area contributed by atoms with Crippen LogP contribution in [0.1, 0.15) is 11.5 Å². The van der Waals surface area contributed by atoms with E-state index in [2.05, 4.69) is 0 Å². The zero-order chi connectivity index (χ0) is 18.0. The highest BCUT2D eigenvalue weighted by Gasteiger charge is 2.41. The van der Waals surface area contributed by atoms with Crippen molar-refractivity contribution in [2.45, 2.75) is 12.2 Å². The van der Waals surface area contributed by atoms with E-state index in [-0.39, 0.29) is 28.0 Å². The Hall–Kier alpha value is -3.35. The molecule has 26 heavy (non-hydrogen) atoms. The number of methoxy groups -OCH3 is 2. The second-order valence-corrected chi connectivity index (χ2v) is 6.09. The normalized spacial score (nSPS) is 19.9.